The van der Waals surface area contributed by atoms with Crippen molar-refractivity contribution in [2.75, 3.05) is 25.1 Å². The summed E-state index contributed by atoms with van der Waals surface area (Å²) >= 11 is 0. The SMILES string of the molecule is C#Cc1ccc2c(c1)[C@@H](N)C1(CCN(c3cc(=O)n(-c4ccc(F)c(OC)c4F)c(C)n3)CC1)C2. The van der Waals surface area contributed by atoms with Crippen LogP contribution in [0.15, 0.2) is 41.2 Å². The van der Waals surface area contributed by atoms with Crippen molar-refractivity contribution < 1.29 is 13.5 Å². The van der Waals surface area contributed by atoms with Gasteiger partial charge in [-0.2, -0.15) is 0 Å². The maximum atomic E-state index is 14.8. The molecule has 1 atom stereocenters. The summed E-state index contributed by atoms with van der Waals surface area (Å²) in [4.78, 5) is 19.7. The Hall–Kier alpha value is -3.70. The van der Waals surface area contributed by atoms with Crippen LogP contribution < -0.4 is 20.9 Å². The number of hydrogen-bond acceptors (Lipinski definition) is 5. The smallest absolute Gasteiger partial charge is 0.260 e. The third-order valence-corrected chi connectivity index (χ3v) is 7.48. The van der Waals surface area contributed by atoms with Gasteiger partial charge < -0.3 is 15.4 Å². The molecule has 3 aromatic rings. The number of anilines is 1. The first-order valence-corrected chi connectivity index (χ1v) is 11.5. The number of fused-ring (bicyclic) bond motifs is 1. The Morgan fingerprint density at radius 2 is 1.94 bits per heavy atom. The normalized spacial score (nSPS) is 18.4. The molecule has 1 saturated heterocycles. The molecular weight excluding hydrogens is 450 g/mol. The molecule has 1 aromatic heterocycles. The van der Waals surface area contributed by atoms with Crippen LogP contribution in [0.3, 0.4) is 0 Å². The first-order valence-electron chi connectivity index (χ1n) is 11.5. The number of piperidine rings is 1. The molecule has 5 rings (SSSR count). The van der Waals surface area contributed by atoms with E-state index in [1.165, 1.54) is 24.8 Å². The molecule has 1 spiro atoms. The summed E-state index contributed by atoms with van der Waals surface area (Å²) < 4.78 is 34.6. The highest BCUT2D eigenvalue weighted by molar-refractivity contribution is 5.48. The van der Waals surface area contributed by atoms with E-state index in [1.807, 2.05) is 12.1 Å². The van der Waals surface area contributed by atoms with Gasteiger partial charge >= 0.3 is 0 Å². The Bertz CT molecular complexity index is 1420. The molecule has 35 heavy (non-hydrogen) atoms. The number of nitrogens with two attached hydrogens (primary N) is 1. The lowest BCUT2D eigenvalue weighted by atomic mass is 9.73. The first kappa shape index (κ1) is 23.1. The molecule has 0 bridgehead atoms. The molecule has 0 unspecified atom stereocenters. The number of rotatable bonds is 3. The van der Waals surface area contributed by atoms with Crippen LogP contribution >= 0.6 is 0 Å². The van der Waals surface area contributed by atoms with E-state index in [2.05, 4.69) is 21.9 Å². The third-order valence-electron chi connectivity index (χ3n) is 7.48. The average molecular weight is 477 g/mol. The van der Waals surface area contributed by atoms with Crippen LogP contribution in [0.4, 0.5) is 14.6 Å². The lowest BCUT2D eigenvalue weighted by Crippen LogP contribution is -2.45. The van der Waals surface area contributed by atoms with Crippen LogP contribution in [0, 0.1) is 36.3 Å². The molecule has 2 heterocycles. The largest absolute Gasteiger partial charge is 0.491 e. The van der Waals surface area contributed by atoms with Gasteiger partial charge in [-0.1, -0.05) is 12.0 Å². The minimum Gasteiger partial charge on any atom is -0.491 e. The molecule has 2 N–H and O–H groups in total. The van der Waals surface area contributed by atoms with Crippen LogP contribution in [-0.4, -0.2) is 29.8 Å². The van der Waals surface area contributed by atoms with Gasteiger partial charge in [-0.3, -0.25) is 9.36 Å². The Labute approximate surface area is 202 Å². The molecule has 2 aliphatic rings. The Morgan fingerprint density at radius 1 is 1.20 bits per heavy atom. The predicted octanol–water partition coefficient (Wildman–Crippen LogP) is 3.65. The minimum absolute atomic E-state index is 0.0517. The van der Waals surface area contributed by atoms with Gasteiger partial charge in [0, 0.05) is 30.8 Å². The third kappa shape index (κ3) is 3.67. The second-order valence-corrected chi connectivity index (χ2v) is 9.31. The quantitative estimate of drug-likeness (QED) is 0.585. The molecule has 6 nitrogen and oxygen atoms in total. The average Bonchev–Trinajstić information content (AvgIpc) is 3.11. The van der Waals surface area contributed by atoms with Crippen molar-refractivity contribution in [2.24, 2.45) is 11.1 Å². The van der Waals surface area contributed by atoms with E-state index in [1.54, 1.807) is 6.92 Å². The van der Waals surface area contributed by atoms with E-state index in [0.29, 0.717) is 24.7 Å². The van der Waals surface area contributed by atoms with E-state index in [4.69, 9.17) is 16.9 Å². The minimum atomic E-state index is -0.949. The number of terminal acetylenes is 1. The summed E-state index contributed by atoms with van der Waals surface area (Å²) in [5.74, 6) is 1.19. The Balaban J connectivity index is 1.39. The van der Waals surface area contributed by atoms with Gasteiger partial charge in [0.15, 0.2) is 17.4 Å². The van der Waals surface area contributed by atoms with Gasteiger partial charge in [-0.15, -0.1) is 6.42 Å². The van der Waals surface area contributed by atoms with E-state index in [-0.39, 0.29) is 17.1 Å². The molecule has 180 valence electrons. The molecule has 0 radical (unpaired) electrons. The number of methoxy groups -OCH3 is 1. The van der Waals surface area contributed by atoms with E-state index < -0.39 is 22.9 Å². The molecule has 0 amide bonds. The van der Waals surface area contributed by atoms with Gasteiger partial charge in [0.2, 0.25) is 0 Å². The number of halogens is 2. The van der Waals surface area contributed by atoms with Crippen molar-refractivity contribution in [1.82, 2.24) is 9.55 Å². The zero-order valence-corrected chi connectivity index (χ0v) is 19.6. The summed E-state index contributed by atoms with van der Waals surface area (Å²) in [5, 5.41) is 0. The van der Waals surface area contributed by atoms with Crippen molar-refractivity contribution in [1.29, 1.82) is 0 Å². The van der Waals surface area contributed by atoms with Crippen LogP contribution in [0.1, 0.15) is 41.4 Å². The molecule has 2 aromatic carbocycles. The fraction of sp³-hybridized carbons (Fsp3) is 0.333. The zero-order valence-electron chi connectivity index (χ0n) is 19.6. The zero-order chi connectivity index (χ0) is 24.9. The molecule has 0 saturated carbocycles. The lowest BCUT2D eigenvalue weighted by molar-refractivity contribution is 0.187. The van der Waals surface area contributed by atoms with Gasteiger partial charge in [0.1, 0.15) is 11.6 Å². The number of aromatic nitrogens is 2. The second-order valence-electron chi connectivity index (χ2n) is 9.31. The summed E-state index contributed by atoms with van der Waals surface area (Å²) in [6.45, 7) is 3.01. The fourth-order valence-electron chi connectivity index (χ4n) is 5.54. The van der Waals surface area contributed by atoms with Gasteiger partial charge in [-0.05, 0) is 67.0 Å². The fourth-order valence-corrected chi connectivity index (χ4v) is 5.54. The summed E-state index contributed by atoms with van der Waals surface area (Å²) in [5.41, 5.74) is 9.32. The van der Waals surface area contributed by atoms with Crippen molar-refractivity contribution in [3.05, 3.63) is 80.9 Å². The van der Waals surface area contributed by atoms with Crippen LogP contribution in [-0.2, 0) is 6.42 Å². The van der Waals surface area contributed by atoms with Crippen molar-refractivity contribution in [2.45, 2.75) is 32.2 Å². The highest BCUT2D eigenvalue weighted by Gasteiger charge is 2.46. The molecule has 1 aliphatic heterocycles. The Kier molecular flexibility index (Phi) is 5.60. The lowest BCUT2D eigenvalue weighted by Gasteiger charge is -2.42. The highest BCUT2D eigenvalue weighted by atomic mass is 19.1. The topological polar surface area (TPSA) is 73.4 Å². The maximum Gasteiger partial charge on any atom is 0.260 e. The molecule has 1 aliphatic carbocycles. The maximum absolute atomic E-state index is 14.8. The number of ether oxygens (including phenoxy) is 1. The predicted molar refractivity (Wildman–Crippen MR) is 130 cm³/mol. The standard InChI is InChI=1S/C27H26F2N4O2/c1-4-17-5-6-18-15-27(26(30)19(18)13-17)9-11-32(12-10-27)22-14-23(34)33(16(2)31-22)21-8-7-20(28)25(35-3)24(21)29/h1,5-8,13-14,26H,9-12,15,30H2,2-3H3/t26-/m1/s1. The number of nitrogens with zero attached hydrogens (tertiary/aromatic N) is 3. The van der Waals surface area contributed by atoms with Crippen LogP contribution in [0.5, 0.6) is 5.75 Å². The van der Waals surface area contributed by atoms with E-state index >= 15 is 0 Å². The van der Waals surface area contributed by atoms with Gasteiger partial charge in [0.05, 0.1) is 12.8 Å². The number of hydrogen-bond donors (Lipinski definition) is 1. The molecule has 8 heteroatoms. The number of benzene rings is 2. The molecular formula is C27H26F2N4O2. The summed E-state index contributed by atoms with van der Waals surface area (Å²) in [6, 6.07) is 9.64. The molecule has 1 fully saturated rings. The summed E-state index contributed by atoms with van der Waals surface area (Å²) in [7, 11) is 1.17. The summed E-state index contributed by atoms with van der Waals surface area (Å²) in [6.07, 6.45) is 8.17. The van der Waals surface area contributed by atoms with Crippen molar-refractivity contribution in [3.63, 3.8) is 0 Å². The first-order chi connectivity index (χ1) is 16.8. The highest BCUT2D eigenvalue weighted by Crippen LogP contribution is 2.51. The second kappa shape index (κ2) is 8.51. The van der Waals surface area contributed by atoms with Crippen molar-refractivity contribution >= 4 is 5.82 Å². The van der Waals surface area contributed by atoms with Gasteiger partial charge in [-0.25, -0.2) is 13.8 Å². The monoisotopic (exact) mass is 476 g/mol. The van der Waals surface area contributed by atoms with Crippen molar-refractivity contribution in [3.8, 4) is 23.8 Å². The van der Waals surface area contributed by atoms with E-state index in [9.17, 15) is 13.6 Å². The van der Waals surface area contributed by atoms with Gasteiger partial charge in [0.25, 0.3) is 5.56 Å². The van der Waals surface area contributed by atoms with Crippen LogP contribution in [0.2, 0.25) is 0 Å². The van der Waals surface area contributed by atoms with Crippen LogP contribution in [0.25, 0.3) is 5.69 Å². The van der Waals surface area contributed by atoms with E-state index in [0.717, 1.165) is 41.0 Å². The Morgan fingerprint density at radius 3 is 2.60 bits per heavy atom. The number of aryl methyl sites for hydroxylation is 1.